The van der Waals surface area contributed by atoms with E-state index < -0.39 is 4.92 Å². The fourth-order valence-electron chi connectivity index (χ4n) is 2.18. The zero-order chi connectivity index (χ0) is 15.2. The topological polar surface area (TPSA) is 75.5 Å². The van der Waals surface area contributed by atoms with Crippen LogP contribution in [0.5, 0.6) is 0 Å². The lowest BCUT2D eigenvalue weighted by atomic mass is 10.2. The quantitative estimate of drug-likeness (QED) is 0.685. The summed E-state index contributed by atoms with van der Waals surface area (Å²) in [6.45, 7) is 4.08. The summed E-state index contributed by atoms with van der Waals surface area (Å²) in [6.07, 6.45) is 1.07. The van der Waals surface area contributed by atoms with Crippen molar-refractivity contribution in [3.05, 3.63) is 39.9 Å². The predicted octanol–water partition coefficient (Wildman–Crippen LogP) is 2.63. The molecule has 0 spiro atoms. The number of non-ortho nitro benzene ring substituents is 1. The normalized spacial score (nSPS) is 18.3. The first-order valence-electron chi connectivity index (χ1n) is 6.98. The number of nitrogens with zero attached hydrogens (tertiary/aromatic N) is 2. The lowest BCUT2D eigenvalue weighted by molar-refractivity contribution is -0.384. The van der Waals surface area contributed by atoms with Gasteiger partial charge in [0.15, 0.2) is 0 Å². The van der Waals surface area contributed by atoms with Crippen LogP contribution in [0.3, 0.4) is 0 Å². The highest BCUT2D eigenvalue weighted by Gasteiger charge is 2.22. The molecule has 1 fully saturated rings. The number of nitro benzene ring substituents is 1. The summed E-state index contributed by atoms with van der Waals surface area (Å²) in [5.74, 6) is 0.976. The molecule has 1 N–H and O–H groups in total. The predicted molar refractivity (Wildman–Crippen MR) is 83.4 cm³/mol. The van der Waals surface area contributed by atoms with Crippen molar-refractivity contribution in [2.75, 3.05) is 18.8 Å². The van der Waals surface area contributed by atoms with Crippen LogP contribution in [0, 0.1) is 10.1 Å². The van der Waals surface area contributed by atoms with Gasteiger partial charge in [-0.15, -0.1) is 0 Å². The van der Waals surface area contributed by atoms with Gasteiger partial charge in [0.2, 0.25) is 0 Å². The molecular formula is C14H19N3O3S. The Labute approximate surface area is 128 Å². The van der Waals surface area contributed by atoms with Crippen molar-refractivity contribution in [3.8, 4) is 0 Å². The van der Waals surface area contributed by atoms with E-state index in [1.54, 1.807) is 12.1 Å². The van der Waals surface area contributed by atoms with Gasteiger partial charge in [-0.05, 0) is 12.0 Å². The Morgan fingerprint density at radius 2 is 2.19 bits per heavy atom. The lowest BCUT2D eigenvalue weighted by Gasteiger charge is -2.31. The van der Waals surface area contributed by atoms with Crippen molar-refractivity contribution >= 4 is 23.5 Å². The minimum absolute atomic E-state index is 0.0592. The van der Waals surface area contributed by atoms with Gasteiger partial charge in [-0.1, -0.05) is 19.1 Å². The summed E-state index contributed by atoms with van der Waals surface area (Å²) in [5.41, 5.74) is 0.913. The van der Waals surface area contributed by atoms with Gasteiger partial charge in [0.1, 0.15) is 0 Å². The van der Waals surface area contributed by atoms with E-state index in [-0.39, 0.29) is 11.7 Å². The molecule has 1 atom stereocenters. The molecule has 0 saturated carbocycles. The van der Waals surface area contributed by atoms with Crippen LogP contribution in [0.2, 0.25) is 0 Å². The summed E-state index contributed by atoms with van der Waals surface area (Å²) in [7, 11) is 0. The number of amides is 2. The van der Waals surface area contributed by atoms with E-state index in [1.165, 1.54) is 12.1 Å². The molecule has 1 aliphatic heterocycles. The van der Waals surface area contributed by atoms with E-state index in [4.69, 9.17) is 0 Å². The Balaban J connectivity index is 1.84. The van der Waals surface area contributed by atoms with Crippen molar-refractivity contribution in [1.29, 1.82) is 0 Å². The van der Waals surface area contributed by atoms with Crippen molar-refractivity contribution < 1.29 is 9.72 Å². The van der Waals surface area contributed by atoms with Crippen LogP contribution in [-0.2, 0) is 6.54 Å². The highest BCUT2D eigenvalue weighted by Crippen LogP contribution is 2.21. The van der Waals surface area contributed by atoms with E-state index in [1.807, 2.05) is 16.7 Å². The van der Waals surface area contributed by atoms with Crippen LogP contribution in [0.25, 0.3) is 0 Å². The number of carbonyl (C=O) groups excluding carboxylic acids is 1. The lowest BCUT2D eigenvalue weighted by Crippen LogP contribution is -2.46. The molecule has 0 unspecified atom stereocenters. The molecule has 6 nitrogen and oxygen atoms in total. The third-order valence-electron chi connectivity index (χ3n) is 3.47. The molecule has 0 aromatic heterocycles. The summed E-state index contributed by atoms with van der Waals surface area (Å²) < 4.78 is 0. The van der Waals surface area contributed by atoms with Gasteiger partial charge in [0.25, 0.3) is 5.69 Å². The van der Waals surface area contributed by atoms with Crippen molar-refractivity contribution in [3.63, 3.8) is 0 Å². The molecule has 1 saturated heterocycles. The Morgan fingerprint density at radius 1 is 1.48 bits per heavy atom. The second kappa shape index (κ2) is 7.31. The van der Waals surface area contributed by atoms with E-state index in [0.717, 1.165) is 30.8 Å². The minimum atomic E-state index is -0.432. The van der Waals surface area contributed by atoms with E-state index in [0.29, 0.717) is 11.8 Å². The van der Waals surface area contributed by atoms with Crippen LogP contribution in [0.4, 0.5) is 10.5 Å². The molecule has 0 aliphatic carbocycles. The average molecular weight is 309 g/mol. The number of urea groups is 1. The molecule has 1 aliphatic rings. The second-order valence-corrected chi connectivity index (χ2v) is 6.34. The number of hydrogen-bond donors (Lipinski definition) is 1. The maximum Gasteiger partial charge on any atom is 0.317 e. The van der Waals surface area contributed by atoms with Gasteiger partial charge in [-0.25, -0.2) is 4.79 Å². The molecular weight excluding hydrogens is 290 g/mol. The smallest absolute Gasteiger partial charge is 0.317 e. The monoisotopic (exact) mass is 309 g/mol. The number of hydrogen-bond acceptors (Lipinski definition) is 4. The molecule has 21 heavy (non-hydrogen) atoms. The molecule has 0 radical (unpaired) electrons. The van der Waals surface area contributed by atoms with Crippen LogP contribution >= 0.6 is 11.8 Å². The average Bonchev–Trinajstić information content (AvgIpc) is 2.53. The maximum atomic E-state index is 12.1. The zero-order valence-electron chi connectivity index (χ0n) is 11.9. The Hall–Kier alpha value is -1.76. The van der Waals surface area contributed by atoms with Gasteiger partial charge in [-0.3, -0.25) is 10.1 Å². The molecule has 7 heteroatoms. The molecule has 1 heterocycles. The van der Waals surface area contributed by atoms with Gasteiger partial charge in [-0.2, -0.15) is 11.8 Å². The highest BCUT2D eigenvalue weighted by molar-refractivity contribution is 8.00. The second-order valence-electron chi connectivity index (χ2n) is 4.93. The molecule has 114 valence electrons. The van der Waals surface area contributed by atoms with Gasteiger partial charge >= 0.3 is 6.03 Å². The number of nitro groups is 1. The van der Waals surface area contributed by atoms with Crippen LogP contribution in [0.1, 0.15) is 18.9 Å². The Morgan fingerprint density at radius 3 is 2.81 bits per heavy atom. The van der Waals surface area contributed by atoms with E-state index >= 15 is 0 Å². The van der Waals surface area contributed by atoms with Crippen LogP contribution in [-0.4, -0.2) is 39.9 Å². The van der Waals surface area contributed by atoms with Crippen LogP contribution < -0.4 is 5.32 Å². The first-order valence-corrected chi connectivity index (χ1v) is 8.02. The first-order chi connectivity index (χ1) is 10.1. The molecule has 1 aromatic carbocycles. The third-order valence-corrected chi connectivity index (χ3v) is 4.84. The number of benzene rings is 1. The third kappa shape index (κ3) is 4.35. The number of nitrogens with one attached hydrogen (secondary N) is 1. The highest BCUT2D eigenvalue weighted by atomic mass is 32.2. The van der Waals surface area contributed by atoms with E-state index in [2.05, 4.69) is 12.2 Å². The van der Waals surface area contributed by atoms with Gasteiger partial charge < -0.3 is 10.2 Å². The van der Waals surface area contributed by atoms with Crippen molar-refractivity contribution in [2.45, 2.75) is 25.1 Å². The van der Waals surface area contributed by atoms with Crippen LogP contribution in [0.15, 0.2) is 24.3 Å². The number of rotatable bonds is 4. The van der Waals surface area contributed by atoms with Gasteiger partial charge in [0.05, 0.1) is 4.92 Å². The molecule has 1 aromatic rings. The first kappa shape index (κ1) is 15.6. The summed E-state index contributed by atoms with van der Waals surface area (Å²) >= 11 is 1.92. The fraction of sp³-hybridized carbons (Fsp3) is 0.500. The number of thioether (sulfide) groups is 1. The largest absolute Gasteiger partial charge is 0.334 e. The minimum Gasteiger partial charge on any atom is -0.334 e. The van der Waals surface area contributed by atoms with E-state index in [9.17, 15) is 14.9 Å². The summed E-state index contributed by atoms with van der Waals surface area (Å²) in [4.78, 5) is 24.1. The Bertz CT molecular complexity index is 507. The van der Waals surface area contributed by atoms with Gasteiger partial charge in [0, 0.05) is 42.8 Å². The fourth-order valence-corrected chi connectivity index (χ4v) is 3.36. The standard InChI is InChI=1S/C14H19N3O3S/c1-2-13-10-16(7-8-21-13)14(18)15-9-11-3-5-12(6-4-11)17(19)20/h3-6,13H,2,7-10H2,1H3,(H,15,18)/t13-/m0/s1. The zero-order valence-corrected chi connectivity index (χ0v) is 12.8. The number of carbonyl (C=O) groups is 1. The molecule has 0 bridgehead atoms. The summed E-state index contributed by atoms with van der Waals surface area (Å²) in [5, 5.41) is 14.0. The summed E-state index contributed by atoms with van der Waals surface area (Å²) in [6, 6.07) is 6.17. The van der Waals surface area contributed by atoms with Crippen molar-refractivity contribution in [2.24, 2.45) is 0 Å². The van der Waals surface area contributed by atoms with Crippen molar-refractivity contribution in [1.82, 2.24) is 10.2 Å². The molecule has 2 amide bonds. The maximum absolute atomic E-state index is 12.1. The SMILES string of the molecule is CC[C@H]1CN(C(=O)NCc2ccc([N+](=O)[O-])cc2)CCS1. The Kier molecular flexibility index (Phi) is 5.44. The molecule has 2 rings (SSSR count).